The van der Waals surface area contributed by atoms with Gasteiger partial charge in [0.25, 0.3) is 0 Å². The largest absolute Gasteiger partial charge is 0.247 e. The summed E-state index contributed by atoms with van der Waals surface area (Å²) in [6, 6.07) is 0. The first-order chi connectivity index (χ1) is 4.61. The van der Waals surface area contributed by atoms with Gasteiger partial charge in [-0.15, -0.1) is 11.6 Å². The fourth-order valence-electron chi connectivity index (χ4n) is 1.24. The maximum atomic E-state index is 12.8. The molecule has 0 amide bonds. The van der Waals surface area contributed by atoms with Crippen molar-refractivity contribution in [2.24, 2.45) is 5.92 Å². The fraction of sp³-hybridized carbons (Fsp3) is 1.00. The molecule has 0 nitrogen and oxygen atoms in total. The summed E-state index contributed by atoms with van der Waals surface area (Å²) in [5.74, 6) is -0.463. The molecule has 0 bridgehead atoms. The van der Waals surface area contributed by atoms with Gasteiger partial charge in [0.15, 0.2) is 0 Å². The molecule has 0 aromatic carbocycles. The first-order valence-corrected chi connectivity index (χ1v) is 3.97. The smallest absolute Gasteiger partial charge is 0.107 e. The molecule has 1 rings (SSSR count). The molecule has 0 aromatic heterocycles. The second kappa shape index (κ2) is 3.04. The normalized spacial score (nSPS) is 49.2. The second-order valence-electron chi connectivity index (χ2n) is 2.96. The predicted molar refractivity (Wildman–Crippen MR) is 37.8 cm³/mol. The van der Waals surface area contributed by atoms with Crippen LogP contribution in [0.2, 0.25) is 0 Å². The van der Waals surface area contributed by atoms with Crippen molar-refractivity contribution in [3.63, 3.8) is 0 Å². The van der Waals surface area contributed by atoms with Crippen molar-refractivity contribution in [2.75, 3.05) is 0 Å². The summed E-state index contributed by atoms with van der Waals surface area (Å²) >= 11 is 5.59. The Hall–Kier alpha value is 0.150. The van der Waals surface area contributed by atoms with Gasteiger partial charge in [-0.2, -0.15) is 0 Å². The first-order valence-electron chi connectivity index (χ1n) is 3.53. The van der Waals surface area contributed by atoms with Crippen molar-refractivity contribution in [1.29, 1.82) is 0 Å². The van der Waals surface area contributed by atoms with Crippen LogP contribution in [-0.4, -0.2) is 17.7 Å². The molecule has 0 saturated heterocycles. The summed E-state index contributed by atoms with van der Waals surface area (Å²) in [6.07, 6.45) is -1.48. The molecule has 60 valence electrons. The topological polar surface area (TPSA) is 0 Å². The molecule has 10 heavy (non-hydrogen) atoms. The van der Waals surface area contributed by atoms with Gasteiger partial charge in [0.1, 0.15) is 12.3 Å². The summed E-state index contributed by atoms with van der Waals surface area (Å²) < 4.78 is 25.5. The fourth-order valence-corrected chi connectivity index (χ4v) is 1.58. The van der Waals surface area contributed by atoms with Gasteiger partial charge >= 0.3 is 0 Å². The summed E-state index contributed by atoms with van der Waals surface area (Å²) in [6.45, 7) is 1.60. The van der Waals surface area contributed by atoms with Gasteiger partial charge in [-0.3, -0.25) is 0 Å². The molecular weight excluding hydrogens is 158 g/mol. The second-order valence-corrected chi connectivity index (χ2v) is 3.58. The van der Waals surface area contributed by atoms with Crippen LogP contribution in [-0.2, 0) is 0 Å². The highest BCUT2D eigenvalue weighted by Gasteiger charge is 2.34. The molecule has 0 N–H and O–H groups in total. The zero-order chi connectivity index (χ0) is 7.72. The molecule has 3 heteroatoms. The van der Waals surface area contributed by atoms with E-state index in [1.807, 2.05) is 0 Å². The Labute approximate surface area is 64.6 Å². The van der Waals surface area contributed by atoms with Crippen LogP contribution in [0.1, 0.15) is 19.8 Å². The summed E-state index contributed by atoms with van der Waals surface area (Å²) in [7, 11) is 0. The third kappa shape index (κ3) is 1.60. The third-order valence-electron chi connectivity index (χ3n) is 2.10. The van der Waals surface area contributed by atoms with Gasteiger partial charge in [-0.1, -0.05) is 6.92 Å². The van der Waals surface area contributed by atoms with E-state index in [0.29, 0.717) is 12.8 Å². The minimum Gasteiger partial charge on any atom is -0.247 e. The van der Waals surface area contributed by atoms with Crippen LogP contribution in [0.4, 0.5) is 8.78 Å². The maximum Gasteiger partial charge on any atom is 0.107 e. The molecular formula is C7H11ClF2. The van der Waals surface area contributed by atoms with E-state index in [1.54, 1.807) is 6.92 Å². The summed E-state index contributed by atoms with van der Waals surface area (Å²) in [4.78, 5) is 0. The zero-order valence-electron chi connectivity index (χ0n) is 5.86. The Morgan fingerprint density at radius 3 is 2.00 bits per heavy atom. The lowest BCUT2D eigenvalue weighted by molar-refractivity contribution is 0.0906. The van der Waals surface area contributed by atoms with Gasteiger partial charge in [-0.05, 0) is 12.8 Å². The van der Waals surface area contributed by atoms with Crippen LogP contribution >= 0.6 is 11.6 Å². The maximum absolute atomic E-state index is 12.8. The number of rotatable bonds is 0. The monoisotopic (exact) mass is 168 g/mol. The average Bonchev–Trinajstić information content (AvgIpc) is 1.82. The van der Waals surface area contributed by atoms with Crippen LogP contribution < -0.4 is 0 Å². The first kappa shape index (κ1) is 8.25. The molecule has 0 heterocycles. The number of alkyl halides is 3. The molecule has 1 fully saturated rings. The van der Waals surface area contributed by atoms with Crippen molar-refractivity contribution < 1.29 is 8.78 Å². The number of hydrogen-bond donors (Lipinski definition) is 0. The highest BCUT2D eigenvalue weighted by Crippen LogP contribution is 2.31. The van der Waals surface area contributed by atoms with E-state index >= 15 is 0 Å². The van der Waals surface area contributed by atoms with E-state index in [0.717, 1.165) is 0 Å². The highest BCUT2D eigenvalue weighted by atomic mass is 35.5. The number of hydrogen-bond acceptors (Lipinski definition) is 0. The van der Waals surface area contributed by atoms with E-state index in [2.05, 4.69) is 0 Å². The summed E-state index contributed by atoms with van der Waals surface area (Å²) in [5, 5.41) is -0.304. The minimum atomic E-state index is -1.05. The lowest BCUT2D eigenvalue weighted by Crippen LogP contribution is -2.33. The quantitative estimate of drug-likeness (QED) is 0.488. The van der Waals surface area contributed by atoms with E-state index < -0.39 is 18.3 Å². The van der Waals surface area contributed by atoms with E-state index in [9.17, 15) is 8.78 Å². The van der Waals surface area contributed by atoms with Crippen LogP contribution in [0.25, 0.3) is 0 Å². The minimum absolute atomic E-state index is 0.304. The Morgan fingerprint density at radius 1 is 1.20 bits per heavy atom. The molecule has 1 aliphatic rings. The van der Waals surface area contributed by atoms with Crippen molar-refractivity contribution in [1.82, 2.24) is 0 Å². The van der Waals surface area contributed by atoms with Gasteiger partial charge < -0.3 is 0 Å². The molecule has 0 aromatic rings. The van der Waals surface area contributed by atoms with Gasteiger partial charge in [0.05, 0.1) is 0 Å². The van der Waals surface area contributed by atoms with Crippen molar-refractivity contribution in [2.45, 2.75) is 37.5 Å². The van der Waals surface area contributed by atoms with Crippen molar-refractivity contribution >= 4 is 11.6 Å². The molecule has 3 unspecified atom stereocenters. The lowest BCUT2D eigenvalue weighted by atomic mass is 9.87. The van der Waals surface area contributed by atoms with Crippen LogP contribution in [0.3, 0.4) is 0 Å². The third-order valence-corrected chi connectivity index (χ3v) is 2.46. The molecule has 4 atom stereocenters. The molecule has 0 spiro atoms. The molecule has 1 saturated carbocycles. The molecule has 0 aliphatic heterocycles. The van der Waals surface area contributed by atoms with Gasteiger partial charge in [0.2, 0.25) is 0 Å². The van der Waals surface area contributed by atoms with Crippen LogP contribution in [0.15, 0.2) is 0 Å². The van der Waals surface area contributed by atoms with Gasteiger partial charge in [0, 0.05) is 11.3 Å². The predicted octanol–water partition coefficient (Wildman–Crippen LogP) is 2.70. The Kier molecular flexibility index (Phi) is 2.50. The lowest BCUT2D eigenvalue weighted by Gasteiger charge is -2.29. The van der Waals surface area contributed by atoms with E-state index in [-0.39, 0.29) is 5.38 Å². The Morgan fingerprint density at radius 2 is 1.60 bits per heavy atom. The van der Waals surface area contributed by atoms with E-state index in [1.165, 1.54) is 0 Å². The van der Waals surface area contributed by atoms with Crippen molar-refractivity contribution in [3.8, 4) is 0 Å². The highest BCUT2D eigenvalue weighted by molar-refractivity contribution is 6.20. The van der Waals surface area contributed by atoms with E-state index in [4.69, 9.17) is 11.6 Å². The number of halogens is 3. The Bertz CT molecular complexity index is 106. The molecule has 1 aliphatic carbocycles. The van der Waals surface area contributed by atoms with Crippen molar-refractivity contribution in [3.05, 3.63) is 0 Å². The Balaban J connectivity index is 2.49. The SMILES string of the molecule is CC1C(F)CC(Cl)C[C@@H]1F. The van der Waals surface area contributed by atoms with Crippen LogP contribution in [0, 0.1) is 5.92 Å². The molecule has 0 radical (unpaired) electrons. The summed E-state index contributed by atoms with van der Waals surface area (Å²) in [5.41, 5.74) is 0. The van der Waals surface area contributed by atoms with Gasteiger partial charge in [-0.25, -0.2) is 8.78 Å². The van der Waals surface area contributed by atoms with Crippen LogP contribution in [0.5, 0.6) is 0 Å². The standard InChI is InChI=1S/C7H11ClF2/c1-4-6(9)2-5(8)3-7(4)10/h4-7H,2-3H2,1H3/t4?,5?,6-,7?/m0/s1. The zero-order valence-corrected chi connectivity index (χ0v) is 6.61. The average molecular weight is 169 g/mol.